The van der Waals surface area contributed by atoms with Gasteiger partial charge in [0.05, 0.1) is 40.7 Å². The van der Waals surface area contributed by atoms with Crippen LogP contribution in [-0.2, 0) is 36.4 Å². The van der Waals surface area contributed by atoms with Crippen LogP contribution in [0.1, 0.15) is 79.3 Å². The van der Waals surface area contributed by atoms with Crippen LogP contribution < -0.4 is 20.7 Å². The Morgan fingerprint density at radius 1 is 0.914 bits per heavy atom. The number of likely N-dealkylation sites (tertiary alicyclic amines) is 1. The molecule has 4 aromatic rings. The number of carbonyl (C=O) groups is 2. The number of benzene rings is 4. The highest BCUT2D eigenvalue weighted by molar-refractivity contribution is 7.92. The summed E-state index contributed by atoms with van der Waals surface area (Å²) in [6.07, 6.45) is 4.73. The molecule has 0 unspecified atom stereocenters. The topological polar surface area (TPSA) is 134 Å². The van der Waals surface area contributed by atoms with Gasteiger partial charge in [-0.05, 0) is 92.6 Å². The van der Waals surface area contributed by atoms with Crippen molar-refractivity contribution in [2.45, 2.75) is 75.1 Å². The Morgan fingerprint density at radius 3 is 2.19 bits per heavy atom. The number of rotatable bonds is 10. The van der Waals surface area contributed by atoms with E-state index in [1.54, 1.807) is 18.7 Å². The molecule has 0 bridgehead atoms. The zero-order chi connectivity index (χ0) is 41.0. The van der Waals surface area contributed by atoms with Crippen molar-refractivity contribution in [2.75, 3.05) is 43.8 Å². The fraction of sp³-hybridized carbons (Fsp3) is 0.409. The molecule has 4 aromatic carbocycles. The second-order valence-corrected chi connectivity index (χ2v) is 18.6. The Hall–Kier alpha value is -3.68. The van der Waals surface area contributed by atoms with E-state index in [1.807, 2.05) is 73.8 Å². The SMILES string of the molecule is CC(C)(N)C(=O)N[C@H](COCc1ccccc1)C(=O)N1CCC2(CC1)CN(S(C)(=O)=O)c1ccccc12.CN[C@H]1CC[C@@H](c2ccc(Cl)c(Cl)c2)c2ccccc21.Cl. The van der Waals surface area contributed by atoms with E-state index < -0.39 is 27.5 Å². The molecule has 1 saturated heterocycles. The summed E-state index contributed by atoms with van der Waals surface area (Å²) >= 11 is 12.2. The first-order valence-corrected chi connectivity index (χ1v) is 22.0. The lowest BCUT2D eigenvalue weighted by atomic mass is 9.74. The Balaban J connectivity index is 0.000000257. The molecule has 1 aliphatic carbocycles. The van der Waals surface area contributed by atoms with E-state index in [-0.39, 0.29) is 30.3 Å². The summed E-state index contributed by atoms with van der Waals surface area (Å²) < 4.78 is 32.2. The van der Waals surface area contributed by atoms with Crippen molar-refractivity contribution in [3.63, 3.8) is 0 Å². The van der Waals surface area contributed by atoms with E-state index in [9.17, 15) is 18.0 Å². The van der Waals surface area contributed by atoms with Crippen LogP contribution in [-0.4, -0.2) is 76.3 Å². The van der Waals surface area contributed by atoms with E-state index in [4.69, 9.17) is 33.7 Å². The number of amides is 2. The Bertz CT molecular complexity index is 2160. The molecule has 2 aliphatic heterocycles. The van der Waals surface area contributed by atoms with Gasteiger partial charge in [0.2, 0.25) is 21.8 Å². The van der Waals surface area contributed by atoms with E-state index in [0.717, 1.165) is 29.7 Å². The number of halogens is 3. The Labute approximate surface area is 359 Å². The van der Waals surface area contributed by atoms with Gasteiger partial charge in [0.15, 0.2) is 0 Å². The number of nitrogens with zero attached hydrogens (tertiary/aromatic N) is 2. The zero-order valence-corrected chi connectivity index (χ0v) is 36.6. The van der Waals surface area contributed by atoms with Crippen molar-refractivity contribution < 1.29 is 22.7 Å². The minimum absolute atomic E-state index is 0. The molecule has 3 atom stereocenters. The minimum atomic E-state index is -3.42. The fourth-order valence-electron chi connectivity index (χ4n) is 8.24. The van der Waals surface area contributed by atoms with Gasteiger partial charge in [-0.2, -0.15) is 0 Å². The van der Waals surface area contributed by atoms with Crippen LogP contribution >= 0.6 is 35.6 Å². The summed E-state index contributed by atoms with van der Waals surface area (Å²) in [7, 11) is -1.39. The number of nitrogens with two attached hydrogens (primary N) is 1. The average molecular weight is 871 g/mol. The molecule has 0 radical (unpaired) electrons. The van der Waals surface area contributed by atoms with Crippen LogP contribution in [0.5, 0.6) is 0 Å². The van der Waals surface area contributed by atoms with E-state index in [2.05, 4.69) is 41.0 Å². The number of sulfonamides is 1. The summed E-state index contributed by atoms with van der Waals surface area (Å²) in [6.45, 7) is 4.77. The second kappa shape index (κ2) is 19.1. The minimum Gasteiger partial charge on any atom is -0.374 e. The van der Waals surface area contributed by atoms with Gasteiger partial charge >= 0.3 is 0 Å². The fourth-order valence-corrected chi connectivity index (χ4v) is 9.54. The number of fused-ring (bicyclic) bond motifs is 3. The summed E-state index contributed by atoms with van der Waals surface area (Å²) in [5.74, 6) is -0.256. The first kappa shape index (κ1) is 45.4. The van der Waals surface area contributed by atoms with Crippen LogP contribution in [0.3, 0.4) is 0 Å². The maximum absolute atomic E-state index is 13.6. The highest BCUT2D eigenvalue weighted by atomic mass is 35.5. The number of hydrogen-bond donors (Lipinski definition) is 3. The lowest BCUT2D eigenvalue weighted by Crippen LogP contribution is -2.59. The molecule has 58 heavy (non-hydrogen) atoms. The maximum Gasteiger partial charge on any atom is 0.247 e. The first-order valence-electron chi connectivity index (χ1n) is 19.4. The number of nitrogens with one attached hydrogen (secondary N) is 2. The lowest BCUT2D eigenvalue weighted by molar-refractivity contribution is -0.140. The molecule has 7 rings (SSSR count). The van der Waals surface area contributed by atoms with Crippen molar-refractivity contribution >= 4 is 63.1 Å². The van der Waals surface area contributed by atoms with Crippen molar-refractivity contribution in [3.05, 3.63) is 135 Å². The summed E-state index contributed by atoms with van der Waals surface area (Å²) in [6, 6.07) is 31.4. The third-order valence-electron chi connectivity index (χ3n) is 11.4. The third-order valence-corrected chi connectivity index (χ3v) is 13.3. The second-order valence-electron chi connectivity index (χ2n) is 15.9. The predicted octanol–water partition coefficient (Wildman–Crippen LogP) is 7.37. The van der Waals surface area contributed by atoms with Crippen molar-refractivity contribution in [1.82, 2.24) is 15.5 Å². The van der Waals surface area contributed by atoms with Gasteiger partial charge in [-0.1, -0.05) is 102 Å². The predicted molar refractivity (Wildman–Crippen MR) is 235 cm³/mol. The van der Waals surface area contributed by atoms with Crippen LogP contribution in [0, 0.1) is 0 Å². The standard InChI is InChI=1S/C27H36N4O5S.C17H17Cl2N.ClH/c1-26(2,28)25(33)29-22(18-36-17-20-9-5-4-6-10-20)24(32)30-15-13-27(14-16-30)19-31(37(3,34)35)23-12-8-7-11-21(23)27;1-20-17-9-7-12(13-4-2-3-5-14(13)17)11-6-8-15(18)16(19)10-11;/h4-12,22H,13-19,28H2,1-3H3,(H,29,33);2-6,8,10,12,17,20H,7,9H2,1H3;1H/t22-;12-,17-;/m10./s1. The molecular formula is C44H54Cl3N5O5S. The molecule has 0 aromatic heterocycles. The average Bonchev–Trinajstić information content (AvgIpc) is 3.52. The maximum atomic E-state index is 13.6. The van der Waals surface area contributed by atoms with Gasteiger partial charge < -0.3 is 26.0 Å². The van der Waals surface area contributed by atoms with Crippen molar-refractivity contribution in [2.24, 2.45) is 5.73 Å². The Kier molecular flexibility index (Phi) is 15.0. The number of anilines is 1. The normalized spacial score (nSPS) is 18.9. The molecule has 0 saturated carbocycles. The molecule has 10 nitrogen and oxygen atoms in total. The van der Waals surface area contributed by atoms with E-state index >= 15 is 0 Å². The molecule has 1 fully saturated rings. The quantitative estimate of drug-likeness (QED) is 0.152. The highest BCUT2D eigenvalue weighted by Gasteiger charge is 2.48. The molecule has 3 aliphatic rings. The zero-order valence-electron chi connectivity index (χ0n) is 33.4. The van der Waals surface area contributed by atoms with E-state index in [1.165, 1.54) is 27.3 Å². The molecular weight excluding hydrogens is 817 g/mol. The van der Waals surface area contributed by atoms with Gasteiger partial charge in [0.1, 0.15) is 6.04 Å². The summed E-state index contributed by atoms with van der Waals surface area (Å²) in [5, 5.41) is 7.44. The summed E-state index contributed by atoms with van der Waals surface area (Å²) in [5.41, 5.74) is 11.2. The van der Waals surface area contributed by atoms with Crippen LogP contribution in [0.4, 0.5) is 5.69 Å². The molecule has 4 N–H and O–H groups in total. The monoisotopic (exact) mass is 869 g/mol. The van der Waals surface area contributed by atoms with Gasteiger partial charge in [-0.3, -0.25) is 13.9 Å². The number of hydrogen-bond acceptors (Lipinski definition) is 7. The number of ether oxygens (including phenoxy) is 1. The van der Waals surface area contributed by atoms with Crippen molar-refractivity contribution in [3.8, 4) is 0 Å². The van der Waals surface area contributed by atoms with E-state index in [0.29, 0.717) is 61.1 Å². The lowest BCUT2D eigenvalue weighted by Gasteiger charge is -2.41. The van der Waals surface area contributed by atoms with Gasteiger partial charge in [-0.15, -0.1) is 12.4 Å². The number of piperidine rings is 1. The van der Waals surface area contributed by atoms with Crippen LogP contribution in [0.15, 0.2) is 97.1 Å². The molecule has 2 amide bonds. The molecule has 2 heterocycles. The molecule has 312 valence electrons. The number of para-hydroxylation sites is 1. The Morgan fingerprint density at radius 2 is 1.55 bits per heavy atom. The van der Waals surface area contributed by atoms with Crippen LogP contribution in [0.25, 0.3) is 0 Å². The number of carbonyl (C=O) groups excluding carboxylic acids is 2. The van der Waals surface area contributed by atoms with Gasteiger partial charge in [0.25, 0.3) is 0 Å². The molecule has 1 spiro atoms. The molecule has 14 heteroatoms. The summed E-state index contributed by atoms with van der Waals surface area (Å²) in [4.78, 5) is 27.9. The van der Waals surface area contributed by atoms with Gasteiger partial charge in [0, 0.05) is 37.0 Å². The van der Waals surface area contributed by atoms with Gasteiger partial charge in [-0.25, -0.2) is 8.42 Å². The largest absolute Gasteiger partial charge is 0.374 e. The first-order chi connectivity index (χ1) is 27.1. The van der Waals surface area contributed by atoms with Crippen molar-refractivity contribution in [1.29, 1.82) is 0 Å². The third kappa shape index (κ3) is 10.4. The highest BCUT2D eigenvalue weighted by Crippen LogP contribution is 2.48. The smallest absolute Gasteiger partial charge is 0.247 e. The van der Waals surface area contributed by atoms with Crippen LogP contribution in [0.2, 0.25) is 10.0 Å².